The molecule has 3 nitrogen and oxygen atoms in total. The average Bonchev–Trinajstić information content (AvgIpc) is 2.63. The van der Waals surface area contributed by atoms with E-state index in [4.69, 9.17) is 5.11 Å². The number of carbonyl (C=O) groups is 1. The van der Waals surface area contributed by atoms with Gasteiger partial charge in [0, 0.05) is 17.7 Å². The molecule has 0 amide bonds. The van der Waals surface area contributed by atoms with Gasteiger partial charge in [-0.25, -0.2) is 0 Å². The van der Waals surface area contributed by atoms with Crippen LogP contribution < -0.4 is 0 Å². The van der Waals surface area contributed by atoms with E-state index in [1.807, 2.05) is 36.4 Å². The first-order chi connectivity index (χ1) is 12.6. The molecule has 0 unspecified atom stereocenters. The number of carboxylic acid groups (broad SMARTS) is 1. The largest absolute Gasteiger partial charge is 0.480 e. The van der Waals surface area contributed by atoms with Crippen LogP contribution in [0.3, 0.4) is 0 Å². The molecule has 2 aromatic carbocycles. The molecule has 1 N–H and O–H groups in total. The minimum atomic E-state index is -0.833. The molecule has 0 aromatic heterocycles. The highest BCUT2D eigenvalue weighted by molar-refractivity contribution is 5.79. The van der Waals surface area contributed by atoms with Crippen LogP contribution in [0.2, 0.25) is 0 Å². The molecule has 0 aliphatic carbocycles. The van der Waals surface area contributed by atoms with E-state index in [-0.39, 0.29) is 6.54 Å². The van der Waals surface area contributed by atoms with Gasteiger partial charge in [-0.1, -0.05) is 73.7 Å². The molecule has 0 saturated carbocycles. The van der Waals surface area contributed by atoms with E-state index in [9.17, 15) is 4.79 Å². The molecule has 0 aliphatic heterocycles. The SMILES string of the molecule is CCCc1ccc(C#C/C(=C/CN(C)CC(=O)O)c2ccccc2)cc1. The minimum absolute atomic E-state index is 0.00485. The molecular formula is C23H25NO2. The standard InChI is InChI=1S/C23H25NO2/c1-3-7-19-10-12-20(13-11-19)14-15-22(21-8-5-4-6-9-21)16-17-24(2)18-23(25)26/h4-6,8-13,16H,3,7,17-18H2,1-2H3,(H,25,26)/b22-16-. The van der Waals surface area contributed by atoms with E-state index in [1.165, 1.54) is 5.56 Å². The van der Waals surface area contributed by atoms with Crippen LogP contribution in [0.5, 0.6) is 0 Å². The zero-order chi connectivity index (χ0) is 18.8. The Morgan fingerprint density at radius 2 is 1.81 bits per heavy atom. The van der Waals surface area contributed by atoms with Gasteiger partial charge in [0.05, 0.1) is 6.54 Å². The van der Waals surface area contributed by atoms with E-state index < -0.39 is 5.97 Å². The summed E-state index contributed by atoms with van der Waals surface area (Å²) in [5, 5.41) is 8.89. The van der Waals surface area contributed by atoms with Crippen molar-refractivity contribution in [3.63, 3.8) is 0 Å². The molecule has 134 valence electrons. The summed E-state index contributed by atoms with van der Waals surface area (Å²) in [4.78, 5) is 12.6. The summed E-state index contributed by atoms with van der Waals surface area (Å²) in [5.41, 5.74) is 4.24. The van der Waals surface area contributed by atoms with Gasteiger partial charge in [0.2, 0.25) is 0 Å². The highest BCUT2D eigenvalue weighted by atomic mass is 16.4. The predicted molar refractivity (Wildman–Crippen MR) is 107 cm³/mol. The van der Waals surface area contributed by atoms with Crippen LogP contribution in [-0.2, 0) is 11.2 Å². The maximum absolute atomic E-state index is 10.8. The molecule has 0 saturated heterocycles. The van der Waals surface area contributed by atoms with E-state index in [1.54, 1.807) is 11.9 Å². The lowest BCUT2D eigenvalue weighted by molar-refractivity contribution is -0.137. The van der Waals surface area contributed by atoms with Crippen molar-refractivity contribution in [2.45, 2.75) is 19.8 Å². The third-order valence-electron chi connectivity index (χ3n) is 3.93. The number of rotatable bonds is 7. The summed E-state index contributed by atoms with van der Waals surface area (Å²) < 4.78 is 0. The molecule has 0 heterocycles. The highest BCUT2D eigenvalue weighted by Crippen LogP contribution is 2.14. The fourth-order valence-corrected chi connectivity index (χ4v) is 2.58. The van der Waals surface area contributed by atoms with Crippen molar-refractivity contribution < 1.29 is 9.90 Å². The second-order valence-corrected chi connectivity index (χ2v) is 6.27. The fraction of sp³-hybridized carbons (Fsp3) is 0.261. The Kier molecular flexibility index (Phi) is 7.67. The second kappa shape index (κ2) is 10.2. The van der Waals surface area contributed by atoms with Crippen molar-refractivity contribution in [2.24, 2.45) is 0 Å². The summed E-state index contributed by atoms with van der Waals surface area (Å²) >= 11 is 0. The number of nitrogens with zero attached hydrogens (tertiary/aromatic N) is 1. The number of hydrogen-bond acceptors (Lipinski definition) is 2. The first-order valence-corrected chi connectivity index (χ1v) is 8.85. The Morgan fingerprint density at radius 1 is 1.12 bits per heavy atom. The number of carboxylic acids is 1. The van der Waals surface area contributed by atoms with Crippen molar-refractivity contribution in [1.29, 1.82) is 0 Å². The Balaban J connectivity index is 2.21. The number of benzene rings is 2. The van der Waals surface area contributed by atoms with E-state index in [0.29, 0.717) is 6.54 Å². The van der Waals surface area contributed by atoms with Crippen LogP contribution >= 0.6 is 0 Å². The molecule has 0 atom stereocenters. The lowest BCUT2D eigenvalue weighted by Gasteiger charge is -2.11. The van der Waals surface area contributed by atoms with E-state index in [0.717, 1.165) is 29.5 Å². The molecular weight excluding hydrogens is 322 g/mol. The number of likely N-dealkylation sites (N-methyl/N-ethyl adjacent to an activating group) is 1. The van der Waals surface area contributed by atoms with Crippen molar-refractivity contribution >= 4 is 11.5 Å². The normalized spacial score (nSPS) is 11.1. The van der Waals surface area contributed by atoms with Gasteiger partial charge in [-0.3, -0.25) is 9.69 Å². The number of hydrogen-bond donors (Lipinski definition) is 1. The summed E-state index contributed by atoms with van der Waals surface area (Å²) in [6.45, 7) is 2.71. The number of aryl methyl sites for hydroxylation is 1. The van der Waals surface area contributed by atoms with Crippen LogP contribution in [0.4, 0.5) is 0 Å². The molecule has 0 aliphatic rings. The highest BCUT2D eigenvalue weighted by Gasteiger charge is 2.04. The first-order valence-electron chi connectivity index (χ1n) is 8.85. The molecule has 2 aromatic rings. The van der Waals surface area contributed by atoms with Crippen molar-refractivity contribution in [1.82, 2.24) is 4.90 Å². The lowest BCUT2D eigenvalue weighted by Crippen LogP contribution is -2.25. The van der Waals surface area contributed by atoms with Gasteiger partial charge in [-0.2, -0.15) is 0 Å². The zero-order valence-corrected chi connectivity index (χ0v) is 15.4. The van der Waals surface area contributed by atoms with E-state index in [2.05, 4.69) is 43.0 Å². The van der Waals surface area contributed by atoms with Crippen LogP contribution in [0.25, 0.3) is 5.57 Å². The Hall–Kier alpha value is -2.83. The minimum Gasteiger partial charge on any atom is -0.480 e. The van der Waals surface area contributed by atoms with Crippen molar-refractivity contribution in [3.05, 3.63) is 77.4 Å². The topological polar surface area (TPSA) is 40.5 Å². The summed E-state index contributed by atoms with van der Waals surface area (Å²) in [6.07, 6.45) is 4.20. The Labute approximate surface area is 156 Å². The monoisotopic (exact) mass is 347 g/mol. The molecule has 0 spiro atoms. The third-order valence-corrected chi connectivity index (χ3v) is 3.93. The third kappa shape index (κ3) is 6.58. The molecule has 26 heavy (non-hydrogen) atoms. The van der Waals surface area contributed by atoms with Gasteiger partial charge in [0.25, 0.3) is 0 Å². The van der Waals surface area contributed by atoms with E-state index >= 15 is 0 Å². The van der Waals surface area contributed by atoms with Crippen LogP contribution in [0.1, 0.15) is 30.0 Å². The average molecular weight is 347 g/mol. The first kappa shape index (κ1) is 19.5. The van der Waals surface area contributed by atoms with Crippen LogP contribution in [0.15, 0.2) is 60.7 Å². The predicted octanol–water partition coefficient (Wildman–Crippen LogP) is 4.09. The van der Waals surface area contributed by atoms with Gasteiger partial charge in [-0.15, -0.1) is 0 Å². The van der Waals surface area contributed by atoms with Crippen LogP contribution in [0, 0.1) is 11.8 Å². The summed E-state index contributed by atoms with van der Waals surface area (Å²) in [5.74, 6) is 5.64. The molecule has 0 fully saturated rings. The lowest BCUT2D eigenvalue weighted by atomic mass is 10.0. The number of aliphatic carboxylic acids is 1. The Morgan fingerprint density at radius 3 is 2.42 bits per heavy atom. The number of allylic oxidation sites excluding steroid dienone is 1. The van der Waals surface area contributed by atoms with Crippen molar-refractivity contribution in [3.8, 4) is 11.8 Å². The summed E-state index contributed by atoms with van der Waals surface area (Å²) in [6, 6.07) is 18.3. The maximum atomic E-state index is 10.8. The molecule has 0 radical (unpaired) electrons. The van der Waals surface area contributed by atoms with Gasteiger partial charge in [0.1, 0.15) is 0 Å². The molecule has 3 heteroatoms. The maximum Gasteiger partial charge on any atom is 0.317 e. The fourth-order valence-electron chi connectivity index (χ4n) is 2.58. The van der Waals surface area contributed by atoms with Crippen molar-refractivity contribution in [2.75, 3.05) is 20.1 Å². The van der Waals surface area contributed by atoms with Gasteiger partial charge in [-0.05, 0) is 36.7 Å². The van der Waals surface area contributed by atoms with Crippen LogP contribution in [-0.4, -0.2) is 36.1 Å². The van der Waals surface area contributed by atoms with Gasteiger partial charge < -0.3 is 5.11 Å². The van der Waals surface area contributed by atoms with Gasteiger partial charge in [0.15, 0.2) is 0 Å². The molecule has 0 bridgehead atoms. The quantitative estimate of drug-likeness (QED) is 0.767. The molecule has 2 rings (SSSR count). The summed E-state index contributed by atoms with van der Waals surface area (Å²) in [7, 11) is 1.78. The second-order valence-electron chi connectivity index (χ2n) is 6.27. The Bertz CT molecular complexity index is 796. The smallest absolute Gasteiger partial charge is 0.317 e. The van der Waals surface area contributed by atoms with Gasteiger partial charge >= 0.3 is 5.97 Å². The zero-order valence-electron chi connectivity index (χ0n) is 15.4.